The first-order valence-electron chi connectivity index (χ1n) is 6.28. The number of thiazole rings is 1. The normalized spacial score (nSPS) is 12.1. The van der Waals surface area contributed by atoms with E-state index in [0.29, 0.717) is 6.61 Å². The number of carbonyl (C=O) groups excluding carboxylic acids is 1. The number of nitrogens with zero attached hydrogens (tertiary/aromatic N) is 1. The van der Waals surface area contributed by atoms with Crippen LogP contribution in [0.2, 0.25) is 0 Å². The van der Waals surface area contributed by atoms with E-state index in [4.69, 9.17) is 10.6 Å². The molecule has 1 amide bonds. The fraction of sp³-hybridized carbons (Fsp3) is 0.286. The van der Waals surface area contributed by atoms with Crippen molar-refractivity contribution in [2.75, 3.05) is 6.61 Å². The highest BCUT2D eigenvalue weighted by Gasteiger charge is 2.20. The molecule has 0 bridgehead atoms. The highest BCUT2D eigenvalue weighted by molar-refractivity contribution is 7.09. The highest BCUT2D eigenvalue weighted by Crippen LogP contribution is 2.19. The maximum atomic E-state index is 11.8. The number of aryl methyl sites for hydroxylation is 1. The molecule has 2 aromatic rings. The van der Waals surface area contributed by atoms with Gasteiger partial charge in [-0.1, -0.05) is 30.3 Å². The van der Waals surface area contributed by atoms with E-state index in [-0.39, 0.29) is 5.91 Å². The van der Waals surface area contributed by atoms with Gasteiger partial charge >= 0.3 is 0 Å². The van der Waals surface area contributed by atoms with Crippen LogP contribution in [0.3, 0.4) is 0 Å². The molecule has 0 fully saturated rings. The molecule has 0 spiro atoms. The zero-order valence-corrected chi connectivity index (χ0v) is 12.0. The molecule has 0 aliphatic rings. The largest absolute Gasteiger partial charge is 0.363 e. The molecule has 0 aliphatic heterocycles. The first kappa shape index (κ1) is 14.6. The van der Waals surface area contributed by atoms with Crippen molar-refractivity contribution in [3.8, 4) is 0 Å². The number of aromatic nitrogens is 1. The molecule has 3 N–H and O–H groups in total. The number of hydrazine groups is 1. The van der Waals surface area contributed by atoms with E-state index in [1.165, 1.54) is 4.88 Å². The van der Waals surface area contributed by atoms with Gasteiger partial charge in [-0.15, -0.1) is 11.3 Å². The lowest BCUT2D eigenvalue weighted by atomic mass is 10.1. The van der Waals surface area contributed by atoms with Crippen molar-refractivity contribution in [2.45, 2.75) is 19.4 Å². The van der Waals surface area contributed by atoms with E-state index in [1.807, 2.05) is 42.8 Å². The smallest absolute Gasteiger partial charge is 0.267 e. The second kappa shape index (κ2) is 7.14. The maximum absolute atomic E-state index is 11.8. The Kier molecular flexibility index (Phi) is 5.23. The van der Waals surface area contributed by atoms with Gasteiger partial charge in [0.2, 0.25) is 0 Å². The quantitative estimate of drug-likeness (QED) is 0.483. The molecule has 6 heteroatoms. The predicted octanol–water partition coefficient (Wildman–Crippen LogP) is 1.74. The fourth-order valence-electron chi connectivity index (χ4n) is 1.86. The van der Waals surface area contributed by atoms with Gasteiger partial charge in [-0.3, -0.25) is 10.2 Å². The number of nitrogens with two attached hydrogens (primary N) is 1. The van der Waals surface area contributed by atoms with Crippen LogP contribution < -0.4 is 11.3 Å². The molecule has 20 heavy (non-hydrogen) atoms. The van der Waals surface area contributed by atoms with Crippen LogP contribution in [0.1, 0.15) is 22.2 Å². The number of carbonyl (C=O) groups is 1. The molecule has 0 aliphatic carbocycles. The standard InChI is InChI=1S/C14H17N3O2S/c1-10-12(20-9-16-10)7-8-19-13(14(18)17-15)11-5-3-2-4-6-11/h2-6,9,13H,7-8,15H2,1H3,(H,17,18). The van der Waals surface area contributed by atoms with Crippen LogP contribution in [0, 0.1) is 6.92 Å². The predicted molar refractivity (Wildman–Crippen MR) is 78.0 cm³/mol. The topological polar surface area (TPSA) is 77.2 Å². The third kappa shape index (κ3) is 3.63. The summed E-state index contributed by atoms with van der Waals surface area (Å²) in [4.78, 5) is 17.2. The van der Waals surface area contributed by atoms with Crippen molar-refractivity contribution >= 4 is 17.2 Å². The fourth-order valence-corrected chi connectivity index (χ4v) is 2.62. The summed E-state index contributed by atoms with van der Waals surface area (Å²) in [6.45, 7) is 2.41. The number of hydrogen-bond acceptors (Lipinski definition) is 5. The molecule has 106 valence electrons. The van der Waals surface area contributed by atoms with E-state index >= 15 is 0 Å². The summed E-state index contributed by atoms with van der Waals surface area (Å²) < 4.78 is 5.70. The van der Waals surface area contributed by atoms with Crippen LogP contribution in [0.15, 0.2) is 35.8 Å². The first-order chi connectivity index (χ1) is 9.72. The van der Waals surface area contributed by atoms with E-state index in [1.54, 1.807) is 11.3 Å². The Labute approximate surface area is 121 Å². The second-order valence-electron chi connectivity index (χ2n) is 4.28. The van der Waals surface area contributed by atoms with Crippen molar-refractivity contribution in [3.63, 3.8) is 0 Å². The van der Waals surface area contributed by atoms with Gasteiger partial charge < -0.3 is 4.74 Å². The lowest BCUT2D eigenvalue weighted by molar-refractivity contribution is -0.133. The lowest BCUT2D eigenvalue weighted by Gasteiger charge is -2.16. The number of ether oxygens (including phenoxy) is 1. The van der Waals surface area contributed by atoms with Crippen molar-refractivity contribution in [2.24, 2.45) is 5.84 Å². The van der Waals surface area contributed by atoms with Gasteiger partial charge in [0.05, 0.1) is 17.8 Å². The van der Waals surface area contributed by atoms with Gasteiger partial charge in [0.15, 0.2) is 6.10 Å². The van der Waals surface area contributed by atoms with Crippen LogP contribution in [0.4, 0.5) is 0 Å². The third-order valence-corrected chi connectivity index (χ3v) is 3.94. The van der Waals surface area contributed by atoms with Crippen LogP contribution in [-0.4, -0.2) is 17.5 Å². The molecular weight excluding hydrogens is 274 g/mol. The van der Waals surface area contributed by atoms with Crippen LogP contribution in [-0.2, 0) is 16.0 Å². The number of hydrogen-bond donors (Lipinski definition) is 2. The molecule has 0 saturated carbocycles. The Morgan fingerprint density at radius 3 is 2.80 bits per heavy atom. The summed E-state index contributed by atoms with van der Waals surface area (Å²) in [6, 6.07) is 9.31. The summed E-state index contributed by atoms with van der Waals surface area (Å²) in [5.41, 5.74) is 5.76. The van der Waals surface area contributed by atoms with Crippen LogP contribution in [0.5, 0.6) is 0 Å². The molecule has 1 unspecified atom stereocenters. The number of benzene rings is 1. The summed E-state index contributed by atoms with van der Waals surface area (Å²) in [5.74, 6) is 4.86. The molecule has 1 heterocycles. The molecule has 0 saturated heterocycles. The summed E-state index contributed by atoms with van der Waals surface area (Å²) in [7, 11) is 0. The van der Waals surface area contributed by atoms with Crippen molar-refractivity contribution < 1.29 is 9.53 Å². The Morgan fingerprint density at radius 1 is 1.45 bits per heavy atom. The van der Waals surface area contributed by atoms with Crippen molar-refractivity contribution in [3.05, 3.63) is 52.0 Å². The minimum Gasteiger partial charge on any atom is -0.363 e. The second-order valence-corrected chi connectivity index (χ2v) is 5.22. The minimum atomic E-state index is -0.686. The zero-order valence-electron chi connectivity index (χ0n) is 11.2. The van der Waals surface area contributed by atoms with Gasteiger partial charge in [0, 0.05) is 11.3 Å². The molecule has 0 radical (unpaired) electrons. The Hall–Kier alpha value is -1.76. The van der Waals surface area contributed by atoms with E-state index in [0.717, 1.165) is 17.7 Å². The summed E-state index contributed by atoms with van der Waals surface area (Å²) in [5, 5.41) is 0. The third-order valence-electron chi connectivity index (χ3n) is 2.94. The monoisotopic (exact) mass is 291 g/mol. The van der Waals surface area contributed by atoms with Crippen LogP contribution >= 0.6 is 11.3 Å². The average Bonchev–Trinajstić information content (AvgIpc) is 2.89. The van der Waals surface area contributed by atoms with Gasteiger partial charge in [-0.2, -0.15) is 0 Å². The molecule has 1 aromatic carbocycles. The van der Waals surface area contributed by atoms with E-state index < -0.39 is 6.10 Å². The molecule has 1 aromatic heterocycles. The van der Waals surface area contributed by atoms with Gasteiger partial charge in [-0.25, -0.2) is 10.8 Å². The average molecular weight is 291 g/mol. The van der Waals surface area contributed by atoms with Crippen molar-refractivity contribution in [1.29, 1.82) is 0 Å². The first-order valence-corrected chi connectivity index (χ1v) is 7.16. The number of nitrogens with one attached hydrogen (secondary N) is 1. The summed E-state index contributed by atoms with van der Waals surface area (Å²) >= 11 is 1.59. The Balaban J connectivity index is 1.99. The van der Waals surface area contributed by atoms with E-state index in [9.17, 15) is 4.79 Å². The van der Waals surface area contributed by atoms with Gasteiger partial charge in [0.25, 0.3) is 5.91 Å². The molecule has 2 rings (SSSR count). The Bertz CT molecular complexity index is 557. The minimum absolute atomic E-state index is 0.350. The maximum Gasteiger partial charge on any atom is 0.267 e. The van der Waals surface area contributed by atoms with E-state index in [2.05, 4.69) is 10.4 Å². The molecule has 5 nitrogen and oxygen atoms in total. The van der Waals surface area contributed by atoms with Gasteiger partial charge in [0.1, 0.15) is 0 Å². The van der Waals surface area contributed by atoms with Crippen LogP contribution in [0.25, 0.3) is 0 Å². The number of amides is 1. The SMILES string of the molecule is Cc1ncsc1CCOC(C(=O)NN)c1ccccc1. The summed E-state index contributed by atoms with van der Waals surface area (Å²) in [6.07, 6.45) is 0.0481. The lowest BCUT2D eigenvalue weighted by Crippen LogP contribution is -2.36. The highest BCUT2D eigenvalue weighted by atomic mass is 32.1. The molecule has 1 atom stereocenters. The molecular formula is C14H17N3O2S. The van der Waals surface area contributed by atoms with Crippen molar-refractivity contribution in [1.82, 2.24) is 10.4 Å². The van der Waals surface area contributed by atoms with Gasteiger partial charge in [-0.05, 0) is 12.5 Å². The Morgan fingerprint density at radius 2 is 2.20 bits per heavy atom. The number of rotatable bonds is 6. The zero-order chi connectivity index (χ0) is 14.4.